The smallest absolute Gasteiger partial charge is 0.481 e. The van der Waals surface area contributed by atoms with Crippen LogP contribution in [0.2, 0.25) is 0 Å². The van der Waals surface area contributed by atoms with Crippen molar-refractivity contribution in [3.63, 3.8) is 0 Å². The molecule has 1 unspecified atom stereocenters. The molecule has 0 aliphatic rings. The Morgan fingerprint density at radius 1 is 1.29 bits per heavy atom. The molecule has 7 nitrogen and oxygen atoms in total. The summed E-state index contributed by atoms with van der Waals surface area (Å²) in [5, 5.41) is 0. The van der Waals surface area contributed by atoms with E-state index in [1.54, 1.807) is 0 Å². The minimum absolute atomic E-state index is 0. The van der Waals surface area contributed by atoms with Gasteiger partial charge in [0.25, 0.3) is 6.43 Å². The van der Waals surface area contributed by atoms with Crippen molar-refractivity contribution < 1.29 is 87.2 Å². The fourth-order valence-electron chi connectivity index (χ4n) is 2.34. The molecule has 2 aromatic rings. The molecule has 0 radical (unpaired) electrons. The number of nitrogens with zero attached hydrogens (tertiary/aromatic N) is 1. The third-order valence-electron chi connectivity index (χ3n) is 3.89. The topological polar surface area (TPSA) is 97.1 Å². The number of hydrogen-bond acceptors (Lipinski definition) is 5. The van der Waals surface area contributed by atoms with E-state index in [1.165, 1.54) is 6.92 Å². The van der Waals surface area contributed by atoms with E-state index in [9.17, 15) is 35.9 Å². The van der Waals surface area contributed by atoms with Crippen molar-refractivity contribution in [3.05, 3.63) is 94.0 Å². The number of halogens is 6. The molecule has 0 aliphatic heterocycles. The normalized spacial score (nSPS) is 12.5. The monoisotopic (exact) mass is 591 g/mol. The van der Waals surface area contributed by atoms with Gasteiger partial charge in [0.1, 0.15) is 0 Å². The second-order valence-electron chi connectivity index (χ2n) is 6.61. The average Bonchev–Trinajstić information content (AvgIpc) is 2.79. The summed E-state index contributed by atoms with van der Waals surface area (Å²) in [4.78, 5) is 30.5. The molecule has 2 N–H and O–H groups in total. The van der Waals surface area contributed by atoms with Gasteiger partial charge in [0, 0.05) is 6.07 Å². The molecule has 0 fully saturated rings. The molecule has 0 bridgehead atoms. The fourth-order valence-corrected chi connectivity index (χ4v) is 2.75. The third kappa shape index (κ3) is 12.5. The van der Waals surface area contributed by atoms with Gasteiger partial charge in [-0.3, -0.25) is 4.98 Å². The van der Waals surface area contributed by atoms with Crippen LogP contribution < -0.4 is 67.4 Å². The summed E-state index contributed by atoms with van der Waals surface area (Å²) >= 11 is 0. The molecule has 0 saturated heterocycles. The number of nitrogens with one attached hydrogen (secondary N) is 2. The number of rotatable bonds is 9. The number of hydrogen-bond donors (Lipinski definition) is 2. The molecule has 0 aliphatic carbocycles. The van der Waals surface area contributed by atoms with Crippen LogP contribution in [0, 0.1) is 26.2 Å². The Hall–Kier alpha value is -1.67. The zero-order valence-corrected chi connectivity index (χ0v) is 25.3. The number of H-pyrrole nitrogens is 2. The summed E-state index contributed by atoms with van der Waals surface area (Å²) in [6, 6.07) is 0.569. The Morgan fingerprint density at radius 2 is 1.89 bits per heavy atom. The summed E-state index contributed by atoms with van der Waals surface area (Å²) in [6.45, 7) is 7.29. The third-order valence-corrected chi connectivity index (χ3v) is 4.28. The predicted octanol–water partition coefficient (Wildman–Crippen LogP) is 2.17. The van der Waals surface area contributed by atoms with Crippen molar-refractivity contribution in [1.82, 2.24) is 15.0 Å². The molecule has 0 saturated carbocycles. The standard InChI is InChI=1S/C20H16F6N3O4P.C2H6.CH3.K/c1-9(2)11(4-3-10-6-28-19(31)29-17(10)30)18(34)33-15(16(22)23)13-5-14(12(21)7-27-13)32-8-20(24,25)26;1-2;;/h4-7,15-16,34H,1,8H2,2H3,(H2,28,29,30,31);1-2H3;1H3;/q-2;;-1;+1/b11-9-;;;. The molecule has 206 valence electrons. The quantitative estimate of drug-likeness (QED) is 0.153. The summed E-state index contributed by atoms with van der Waals surface area (Å²) in [5.41, 5.74) is -2.23. The van der Waals surface area contributed by atoms with Crippen LogP contribution in [-0.2, 0) is 4.74 Å². The second-order valence-corrected chi connectivity index (χ2v) is 7.07. The van der Waals surface area contributed by atoms with Crippen molar-refractivity contribution in [3.8, 4) is 5.75 Å². The van der Waals surface area contributed by atoms with Crippen LogP contribution in [0.5, 0.6) is 5.75 Å². The van der Waals surface area contributed by atoms with Crippen LogP contribution >= 0.6 is 8.86 Å². The van der Waals surface area contributed by atoms with Crippen LogP contribution in [0.4, 0.5) is 26.3 Å². The van der Waals surface area contributed by atoms with E-state index in [2.05, 4.69) is 36.6 Å². The summed E-state index contributed by atoms with van der Waals surface area (Å²) < 4.78 is 87.8. The Balaban J connectivity index is 0. The largest absolute Gasteiger partial charge is 1.00 e. The van der Waals surface area contributed by atoms with Crippen molar-refractivity contribution in [2.45, 2.75) is 39.5 Å². The number of aromatic nitrogens is 3. The Morgan fingerprint density at radius 3 is 2.39 bits per heavy atom. The van der Waals surface area contributed by atoms with Gasteiger partial charge in [0.15, 0.2) is 29.8 Å². The maximum Gasteiger partial charge on any atom is 1.00 e. The minimum atomic E-state index is -4.79. The summed E-state index contributed by atoms with van der Waals surface area (Å²) in [7, 11) is 3.03. The molecular weight excluding hydrogens is 566 g/mol. The fraction of sp³-hybridized carbons (Fsp3) is 0.304. The van der Waals surface area contributed by atoms with E-state index >= 15 is 0 Å². The van der Waals surface area contributed by atoms with Crippen LogP contribution in [-0.4, -0.2) is 39.6 Å². The van der Waals surface area contributed by atoms with Crippen LogP contribution in [0.3, 0.4) is 0 Å². The number of alkyl halides is 5. The number of ether oxygens (including phenoxy) is 2. The first-order valence-electron chi connectivity index (χ1n) is 10.1. The molecule has 0 aromatic carbocycles. The van der Waals surface area contributed by atoms with Crippen molar-refractivity contribution in [2.75, 3.05) is 6.61 Å². The predicted molar refractivity (Wildman–Crippen MR) is 129 cm³/mol. The van der Waals surface area contributed by atoms with E-state index in [0.29, 0.717) is 12.3 Å². The first-order chi connectivity index (χ1) is 16.8. The first-order valence-corrected chi connectivity index (χ1v) is 10.6. The zero-order valence-electron chi connectivity index (χ0n) is 21.2. The van der Waals surface area contributed by atoms with E-state index in [4.69, 9.17) is 4.74 Å². The molecule has 2 rings (SSSR count). The SMILES string of the molecule is CC.[CH2-]/C(C)=C(\C=[C-]c1c[nH]c(=O)[nH]c1=O)C(=P)OC(c1cc(OCC(F)(F)F)c(F)cn1)C(F)F.[CH3-].[K+]. The molecular formula is C23H25F6KN3O4P-2. The van der Waals surface area contributed by atoms with Crippen LogP contribution in [0.25, 0.3) is 0 Å². The average molecular weight is 592 g/mol. The van der Waals surface area contributed by atoms with Gasteiger partial charge in [0.2, 0.25) is 0 Å². The Bertz CT molecular complexity index is 1220. The Labute approximate surface area is 260 Å². The minimum Gasteiger partial charge on any atom is -0.481 e. The number of allylic oxidation sites excluding steroid dienone is 1. The number of pyridine rings is 1. The van der Waals surface area contributed by atoms with Gasteiger partial charge >= 0.3 is 63.3 Å². The van der Waals surface area contributed by atoms with Gasteiger partial charge in [-0.1, -0.05) is 47.0 Å². The molecule has 1 atom stereocenters. The molecule has 38 heavy (non-hydrogen) atoms. The van der Waals surface area contributed by atoms with Gasteiger partial charge in [-0.15, -0.1) is 12.2 Å². The van der Waals surface area contributed by atoms with Crippen molar-refractivity contribution in [1.29, 1.82) is 0 Å². The van der Waals surface area contributed by atoms with Gasteiger partial charge in [-0.2, -0.15) is 18.7 Å². The maximum atomic E-state index is 13.7. The number of aromatic amines is 2. The van der Waals surface area contributed by atoms with E-state index < -0.39 is 53.8 Å². The van der Waals surface area contributed by atoms with Crippen LogP contribution in [0.15, 0.2) is 45.3 Å². The molecule has 0 amide bonds. The van der Waals surface area contributed by atoms with Crippen molar-refractivity contribution >= 4 is 14.3 Å². The van der Waals surface area contributed by atoms with Crippen LogP contribution in [0.1, 0.15) is 38.1 Å². The van der Waals surface area contributed by atoms with Gasteiger partial charge in [0.05, 0.1) is 17.4 Å². The molecule has 2 aromatic heterocycles. The van der Waals surface area contributed by atoms with E-state index in [1.807, 2.05) is 18.8 Å². The first kappa shape index (κ1) is 38.5. The summed E-state index contributed by atoms with van der Waals surface area (Å²) in [5.74, 6) is -2.23. The van der Waals surface area contributed by atoms with Crippen molar-refractivity contribution in [2.24, 2.45) is 0 Å². The Kier molecular flexibility index (Phi) is 18.0. The molecule has 2 heterocycles. The maximum absolute atomic E-state index is 13.7. The van der Waals surface area contributed by atoms with E-state index in [-0.39, 0.29) is 81.0 Å². The van der Waals surface area contributed by atoms with Gasteiger partial charge in [-0.25, -0.2) is 24.9 Å². The second kappa shape index (κ2) is 17.8. The molecule has 15 heteroatoms. The van der Waals surface area contributed by atoms with E-state index in [0.717, 1.165) is 12.3 Å². The van der Waals surface area contributed by atoms with Gasteiger partial charge in [-0.05, 0) is 0 Å². The summed E-state index contributed by atoms with van der Waals surface area (Å²) in [6.07, 6.45) is -5.00. The molecule has 0 spiro atoms. The zero-order chi connectivity index (χ0) is 27.6. The van der Waals surface area contributed by atoms with Gasteiger partial charge < -0.3 is 31.7 Å².